The van der Waals surface area contributed by atoms with Gasteiger partial charge in [0.15, 0.2) is 0 Å². The third kappa shape index (κ3) is 3.03. The molecule has 1 heterocycles. The smallest absolute Gasteiger partial charge is 0.337 e. The normalized spacial score (nSPS) is 10.2. The molecular formula is C13H10BrNO4. The van der Waals surface area contributed by atoms with E-state index in [0.717, 1.165) is 0 Å². The lowest BCUT2D eigenvalue weighted by molar-refractivity contribution is 0.0698. The second-order valence-electron chi connectivity index (χ2n) is 3.90. The minimum atomic E-state index is -1.11. The van der Waals surface area contributed by atoms with Crippen molar-refractivity contribution in [2.75, 3.05) is 5.32 Å². The van der Waals surface area contributed by atoms with Crippen LogP contribution in [0.25, 0.3) is 0 Å². The van der Waals surface area contributed by atoms with Crippen molar-refractivity contribution in [3.63, 3.8) is 0 Å². The van der Waals surface area contributed by atoms with Gasteiger partial charge in [-0.2, -0.15) is 0 Å². The molecule has 0 saturated carbocycles. The first-order chi connectivity index (χ1) is 8.97. The van der Waals surface area contributed by atoms with E-state index in [1.165, 1.54) is 18.4 Å². The molecule has 1 aromatic carbocycles. The molecule has 2 rings (SSSR count). The molecule has 0 fully saturated rings. The van der Waals surface area contributed by atoms with Gasteiger partial charge in [-0.05, 0) is 31.2 Å². The number of carboxylic acids is 1. The van der Waals surface area contributed by atoms with Gasteiger partial charge < -0.3 is 14.8 Å². The summed E-state index contributed by atoms with van der Waals surface area (Å²) < 4.78 is 5.72. The van der Waals surface area contributed by atoms with Crippen LogP contribution in [0.15, 0.2) is 39.4 Å². The number of anilines is 1. The molecule has 19 heavy (non-hydrogen) atoms. The van der Waals surface area contributed by atoms with Crippen molar-refractivity contribution in [1.82, 2.24) is 0 Å². The average molecular weight is 324 g/mol. The molecule has 1 aromatic heterocycles. The van der Waals surface area contributed by atoms with Gasteiger partial charge in [-0.25, -0.2) is 4.79 Å². The minimum absolute atomic E-state index is 0.0248. The molecule has 6 heteroatoms. The zero-order valence-electron chi connectivity index (χ0n) is 9.94. The molecule has 0 spiro atoms. The van der Waals surface area contributed by atoms with Crippen LogP contribution in [0.4, 0.5) is 5.69 Å². The van der Waals surface area contributed by atoms with Gasteiger partial charge in [0.2, 0.25) is 0 Å². The number of hydrogen-bond donors (Lipinski definition) is 2. The minimum Gasteiger partial charge on any atom is -0.478 e. The Balaban J connectivity index is 2.30. The first-order valence-electron chi connectivity index (χ1n) is 5.36. The highest BCUT2D eigenvalue weighted by Gasteiger charge is 2.15. The van der Waals surface area contributed by atoms with Crippen molar-refractivity contribution >= 4 is 33.5 Å². The maximum Gasteiger partial charge on any atom is 0.337 e. The van der Waals surface area contributed by atoms with Crippen LogP contribution in [-0.2, 0) is 0 Å². The highest BCUT2D eigenvalue weighted by molar-refractivity contribution is 9.10. The first-order valence-corrected chi connectivity index (χ1v) is 6.16. The second-order valence-corrected chi connectivity index (χ2v) is 4.81. The molecule has 0 aliphatic heterocycles. The maximum atomic E-state index is 11.9. The Morgan fingerprint density at radius 3 is 2.63 bits per heavy atom. The third-order valence-corrected chi connectivity index (χ3v) is 2.95. The zero-order chi connectivity index (χ0) is 14.0. The van der Waals surface area contributed by atoms with Gasteiger partial charge >= 0.3 is 5.97 Å². The fraction of sp³-hybridized carbons (Fsp3) is 0.0769. The Morgan fingerprint density at radius 2 is 2.05 bits per heavy atom. The number of aromatic carboxylic acids is 1. The number of carbonyl (C=O) groups excluding carboxylic acids is 1. The fourth-order valence-corrected chi connectivity index (χ4v) is 1.92. The fourth-order valence-electron chi connectivity index (χ4n) is 1.56. The standard InChI is InChI=1S/C13H10BrNO4/c1-7-4-8(6-19-7)12(16)15-11-5-9(14)2-3-10(11)13(17)18/h2-6H,1H3,(H,15,16)(H,17,18). The van der Waals surface area contributed by atoms with Crippen molar-refractivity contribution < 1.29 is 19.1 Å². The van der Waals surface area contributed by atoms with E-state index in [0.29, 0.717) is 15.8 Å². The number of aryl methyl sites for hydroxylation is 1. The number of nitrogens with one attached hydrogen (secondary N) is 1. The van der Waals surface area contributed by atoms with E-state index in [1.807, 2.05) is 0 Å². The Labute approximate surface area is 117 Å². The van der Waals surface area contributed by atoms with Crippen molar-refractivity contribution in [3.8, 4) is 0 Å². The number of benzene rings is 1. The van der Waals surface area contributed by atoms with Gasteiger partial charge in [0.1, 0.15) is 12.0 Å². The molecule has 0 unspecified atom stereocenters. The summed E-state index contributed by atoms with van der Waals surface area (Å²) in [6.45, 7) is 1.72. The van der Waals surface area contributed by atoms with Crippen LogP contribution in [-0.4, -0.2) is 17.0 Å². The van der Waals surface area contributed by atoms with Crippen LogP contribution in [0, 0.1) is 6.92 Å². The first kappa shape index (κ1) is 13.4. The summed E-state index contributed by atoms with van der Waals surface area (Å²) in [5, 5.41) is 11.6. The van der Waals surface area contributed by atoms with Gasteiger partial charge in [0.25, 0.3) is 5.91 Å². The Kier molecular flexibility index (Phi) is 3.71. The summed E-state index contributed by atoms with van der Waals surface area (Å²) in [5.74, 6) is -0.915. The van der Waals surface area contributed by atoms with Crippen LogP contribution in [0.3, 0.4) is 0 Å². The number of carbonyl (C=O) groups is 2. The average Bonchev–Trinajstić information content (AvgIpc) is 2.75. The molecule has 2 N–H and O–H groups in total. The van der Waals surface area contributed by atoms with Crippen LogP contribution >= 0.6 is 15.9 Å². The monoisotopic (exact) mass is 323 g/mol. The van der Waals surface area contributed by atoms with Gasteiger partial charge in [0, 0.05) is 4.47 Å². The Bertz CT molecular complexity index is 648. The molecule has 1 amide bonds. The van der Waals surface area contributed by atoms with Crippen molar-refractivity contribution in [2.45, 2.75) is 6.92 Å². The van der Waals surface area contributed by atoms with E-state index in [2.05, 4.69) is 21.2 Å². The molecule has 0 bridgehead atoms. The molecule has 5 nitrogen and oxygen atoms in total. The van der Waals surface area contributed by atoms with Crippen LogP contribution in [0.2, 0.25) is 0 Å². The summed E-state index contributed by atoms with van der Waals surface area (Å²) in [5.41, 5.74) is 0.594. The third-order valence-electron chi connectivity index (χ3n) is 2.45. The van der Waals surface area contributed by atoms with Gasteiger partial charge in [-0.1, -0.05) is 15.9 Å². The summed E-state index contributed by atoms with van der Waals surface area (Å²) in [4.78, 5) is 23.0. The number of carboxylic acid groups (broad SMARTS) is 1. The number of rotatable bonds is 3. The lowest BCUT2D eigenvalue weighted by Crippen LogP contribution is -2.14. The maximum absolute atomic E-state index is 11.9. The van der Waals surface area contributed by atoms with Gasteiger partial charge in [-0.15, -0.1) is 0 Å². The SMILES string of the molecule is Cc1cc(C(=O)Nc2cc(Br)ccc2C(=O)O)co1. The Morgan fingerprint density at radius 1 is 1.32 bits per heavy atom. The van der Waals surface area contributed by atoms with E-state index in [9.17, 15) is 9.59 Å². The van der Waals surface area contributed by atoms with Crippen LogP contribution in [0.5, 0.6) is 0 Å². The van der Waals surface area contributed by atoms with Gasteiger partial charge in [-0.3, -0.25) is 4.79 Å². The number of furan rings is 1. The topological polar surface area (TPSA) is 79.5 Å². The number of halogens is 1. The highest BCUT2D eigenvalue weighted by Crippen LogP contribution is 2.22. The molecule has 98 valence electrons. The zero-order valence-corrected chi connectivity index (χ0v) is 11.5. The molecule has 0 saturated heterocycles. The number of hydrogen-bond acceptors (Lipinski definition) is 3. The molecule has 0 radical (unpaired) electrons. The highest BCUT2D eigenvalue weighted by atomic mass is 79.9. The van der Waals surface area contributed by atoms with E-state index < -0.39 is 11.9 Å². The van der Waals surface area contributed by atoms with Crippen molar-refractivity contribution in [1.29, 1.82) is 0 Å². The lowest BCUT2D eigenvalue weighted by atomic mass is 10.1. The Hall–Kier alpha value is -2.08. The molecule has 2 aromatic rings. The quantitative estimate of drug-likeness (QED) is 0.908. The molecule has 0 aliphatic carbocycles. The molecule has 0 aliphatic rings. The van der Waals surface area contributed by atoms with E-state index in [-0.39, 0.29) is 11.3 Å². The largest absolute Gasteiger partial charge is 0.478 e. The van der Waals surface area contributed by atoms with Gasteiger partial charge in [0.05, 0.1) is 16.8 Å². The van der Waals surface area contributed by atoms with E-state index in [4.69, 9.17) is 9.52 Å². The van der Waals surface area contributed by atoms with E-state index >= 15 is 0 Å². The van der Waals surface area contributed by atoms with Crippen LogP contribution < -0.4 is 5.32 Å². The van der Waals surface area contributed by atoms with Crippen LogP contribution in [0.1, 0.15) is 26.5 Å². The summed E-state index contributed by atoms with van der Waals surface area (Å²) in [6, 6.07) is 6.13. The summed E-state index contributed by atoms with van der Waals surface area (Å²) >= 11 is 3.23. The molecular weight excluding hydrogens is 314 g/mol. The van der Waals surface area contributed by atoms with Crippen molar-refractivity contribution in [2.24, 2.45) is 0 Å². The lowest BCUT2D eigenvalue weighted by Gasteiger charge is -2.07. The second kappa shape index (κ2) is 5.27. The molecule has 0 atom stereocenters. The predicted molar refractivity (Wildman–Crippen MR) is 72.5 cm³/mol. The summed E-state index contributed by atoms with van der Waals surface area (Å²) in [7, 11) is 0. The van der Waals surface area contributed by atoms with Crippen molar-refractivity contribution in [3.05, 3.63) is 51.9 Å². The number of amides is 1. The summed E-state index contributed by atoms with van der Waals surface area (Å²) in [6.07, 6.45) is 1.32. The van der Waals surface area contributed by atoms with E-state index in [1.54, 1.807) is 19.1 Å². The predicted octanol–water partition coefficient (Wildman–Crippen LogP) is 3.30.